The third-order valence-electron chi connectivity index (χ3n) is 7.94. The lowest BCUT2D eigenvalue weighted by Gasteiger charge is -2.44. The molecule has 6 rings (SSSR count). The van der Waals surface area contributed by atoms with Gasteiger partial charge in [-0.25, -0.2) is 18.7 Å². The van der Waals surface area contributed by atoms with Crippen molar-refractivity contribution in [3.8, 4) is 17.1 Å². The molecular weight excluding hydrogens is 525 g/mol. The molecule has 0 saturated carbocycles. The molecule has 4 bridgehead atoms. The van der Waals surface area contributed by atoms with Crippen LogP contribution >= 0.6 is 0 Å². The topological polar surface area (TPSA) is 115 Å². The van der Waals surface area contributed by atoms with Crippen molar-refractivity contribution in [2.75, 3.05) is 18.0 Å². The van der Waals surface area contributed by atoms with Crippen LogP contribution in [0.4, 0.5) is 10.2 Å². The summed E-state index contributed by atoms with van der Waals surface area (Å²) in [5.74, 6) is -0.416. The van der Waals surface area contributed by atoms with Gasteiger partial charge in [-0.2, -0.15) is 4.98 Å². The Morgan fingerprint density at radius 3 is 2.76 bits per heavy atom. The summed E-state index contributed by atoms with van der Waals surface area (Å²) in [5, 5.41) is 8.75. The van der Waals surface area contributed by atoms with Crippen LogP contribution in [0.2, 0.25) is 0 Å². The number of aryl methyl sites for hydroxylation is 2. The second-order valence-corrected chi connectivity index (χ2v) is 11.1. The summed E-state index contributed by atoms with van der Waals surface area (Å²) in [7, 11) is 0. The van der Waals surface area contributed by atoms with Gasteiger partial charge in [0.15, 0.2) is 11.5 Å². The molecule has 1 saturated heterocycles. The molecule has 4 aromatic rings. The van der Waals surface area contributed by atoms with Crippen LogP contribution < -0.4 is 10.6 Å². The van der Waals surface area contributed by atoms with E-state index in [0.29, 0.717) is 42.9 Å². The van der Waals surface area contributed by atoms with Crippen molar-refractivity contribution in [1.29, 1.82) is 0 Å². The van der Waals surface area contributed by atoms with Crippen molar-refractivity contribution in [2.24, 2.45) is 0 Å². The van der Waals surface area contributed by atoms with Gasteiger partial charge in [0, 0.05) is 37.9 Å². The molecule has 11 nitrogen and oxygen atoms in total. The predicted molar refractivity (Wildman–Crippen MR) is 152 cm³/mol. The number of amides is 1. The largest absolute Gasteiger partial charge is 0.355 e. The Morgan fingerprint density at radius 1 is 1.20 bits per heavy atom. The number of pyridine rings is 2. The monoisotopic (exact) mass is 557 g/mol. The first-order chi connectivity index (χ1) is 19.7. The third-order valence-corrected chi connectivity index (χ3v) is 7.94. The Labute approximate surface area is 236 Å². The molecule has 6 heterocycles. The zero-order valence-electron chi connectivity index (χ0n) is 23.6. The smallest absolute Gasteiger partial charge is 0.349 e. The fraction of sp³-hybridized carbons (Fsp3) is 0.414. The van der Waals surface area contributed by atoms with E-state index in [4.69, 9.17) is 4.98 Å². The fourth-order valence-electron chi connectivity index (χ4n) is 5.89. The molecule has 2 aliphatic heterocycles. The number of anilines is 1. The van der Waals surface area contributed by atoms with Crippen molar-refractivity contribution in [1.82, 2.24) is 39.4 Å². The molecule has 0 unspecified atom stereocenters. The normalized spacial score (nSPS) is 18.8. The Kier molecular flexibility index (Phi) is 6.63. The van der Waals surface area contributed by atoms with E-state index < -0.39 is 11.5 Å². The molecule has 2 atom stereocenters. The highest BCUT2D eigenvalue weighted by Gasteiger charge is 2.34. The number of carbonyl (C=O) groups excluding carboxylic acids is 1. The van der Waals surface area contributed by atoms with E-state index in [0.717, 1.165) is 17.7 Å². The van der Waals surface area contributed by atoms with Crippen molar-refractivity contribution in [3.05, 3.63) is 64.7 Å². The minimum atomic E-state index is -0.591. The van der Waals surface area contributed by atoms with Crippen LogP contribution in [0.25, 0.3) is 28.1 Å². The first-order valence-electron chi connectivity index (χ1n) is 13.9. The van der Waals surface area contributed by atoms with Crippen LogP contribution in [-0.2, 0) is 17.8 Å². The van der Waals surface area contributed by atoms with Crippen LogP contribution in [0.5, 0.6) is 0 Å². The van der Waals surface area contributed by atoms with Crippen molar-refractivity contribution >= 4 is 22.8 Å². The number of hydrogen-bond acceptors (Lipinski definition) is 8. The van der Waals surface area contributed by atoms with Crippen LogP contribution in [0.1, 0.15) is 51.3 Å². The second-order valence-electron chi connectivity index (χ2n) is 11.1. The minimum absolute atomic E-state index is 0.00314. The number of aromatic nitrogens is 7. The third kappa shape index (κ3) is 4.47. The molecule has 0 spiro atoms. The number of carbonyl (C=O) groups is 1. The maximum atomic E-state index is 15.8. The molecule has 0 radical (unpaired) electrons. The maximum Gasteiger partial charge on any atom is 0.355 e. The molecule has 0 aromatic carbocycles. The highest BCUT2D eigenvalue weighted by Crippen LogP contribution is 2.34. The summed E-state index contributed by atoms with van der Waals surface area (Å²) in [6, 6.07) is 2.91. The average molecular weight is 558 g/mol. The molecule has 0 aliphatic carbocycles. The Balaban J connectivity index is 1.65. The van der Waals surface area contributed by atoms with Crippen LogP contribution in [0.3, 0.4) is 0 Å². The fourth-order valence-corrected chi connectivity index (χ4v) is 5.89. The lowest BCUT2D eigenvalue weighted by Crippen LogP contribution is -2.58. The average Bonchev–Trinajstić information content (AvgIpc) is 3.41. The molecule has 212 valence electrons. The summed E-state index contributed by atoms with van der Waals surface area (Å²) in [6.07, 6.45) is 6.12. The molecule has 12 heteroatoms. The highest BCUT2D eigenvalue weighted by atomic mass is 19.1. The van der Waals surface area contributed by atoms with Crippen LogP contribution in [0, 0.1) is 5.82 Å². The second kappa shape index (κ2) is 10.2. The summed E-state index contributed by atoms with van der Waals surface area (Å²) in [5.41, 5.74) is 2.33. The van der Waals surface area contributed by atoms with E-state index >= 15 is 4.39 Å². The molecule has 2 aliphatic rings. The Hall–Kier alpha value is -4.48. The van der Waals surface area contributed by atoms with Crippen molar-refractivity contribution in [3.63, 3.8) is 0 Å². The lowest BCUT2D eigenvalue weighted by atomic mass is 10.0. The van der Waals surface area contributed by atoms with Crippen LogP contribution in [-0.4, -0.2) is 70.5 Å². The van der Waals surface area contributed by atoms with Gasteiger partial charge in [0.05, 0.1) is 23.0 Å². The predicted octanol–water partition coefficient (Wildman–Crippen LogP) is 3.25. The standard InChI is InChI=1S/C29H32FN9O2/c1-6-23(40)37-13-18(5)38(14-17(37)4)27-20-12-21(30)25-22-15-36(35-34-22)11-7-8-19-9-10-31-24(16(2)3)26(19)39(28(20)32-25)29(41)33-27/h6,9-10,12,15-18H,1,7-8,11,13-14H2,2-5H3/t17-,18+/m1/s1. The number of nitrogens with zero attached hydrogens (tertiary/aromatic N) is 9. The van der Waals surface area contributed by atoms with E-state index in [1.54, 1.807) is 22.0 Å². The SMILES string of the molecule is C=CC(=O)N1C[C@H](C)N(c2nc(=O)n3c4nc(c(F)cc24)-c2cn(nn2)CCCc2ccnc(C(C)C)c2-3)C[C@H]1C. The summed E-state index contributed by atoms with van der Waals surface area (Å²) < 4.78 is 19.0. The Morgan fingerprint density at radius 2 is 2.00 bits per heavy atom. The first-order valence-corrected chi connectivity index (χ1v) is 13.9. The van der Waals surface area contributed by atoms with Crippen molar-refractivity contribution in [2.45, 2.75) is 65.1 Å². The summed E-state index contributed by atoms with van der Waals surface area (Å²) in [4.78, 5) is 44.2. The van der Waals surface area contributed by atoms with E-state index in [-0.39, 0.29) is 40.9 Å². The van der Waals surface area contributed by atoms with E-state index in [2.05, 4.69) is 26.9 Å². The van der Waals surface area contributed by atoms with E-state index in [9.17, 15) is 9.59 Å². The van der Waals surface area contributed by atoms with Gasteiger partial charge in [0.2, 0.25) is 5.91 Å². The van der Waals surface area contributed by atoms with Crippen LogP contribution in [0.15, 0.2) is 42.0 Å². The highest BCUT2D eigenvalue weighted by molar-refractivity contribution is 5.91. The van der Waals surface area contributed by atoms with Gasteiger partial charge in [-0.1, -0.05) is 25.6 Å². The van der Waals surface area contributed by atoms with Gasteiger partial charge in [-0.3, -0.25) is 14.5 Å². The van der Waals surface area contributed by atoms with Gasteiger partial charge in [0.25, 0.3) is 0 Å². The van der Waals surface area contributed by atoms with Gasteiger partial charge < -0.3 is 9.80 Å². The van der Waals surface area contributed by atoms with Gasteiger partial charge in [-0.15, -0.1) is 5.10 Å². The number of piperazine rings is 1. The lowest BCUT2D eigenvalue weighted by molar-refractivity contribution is -0.128. The zero-order chi connectivity index (χ0) is 29.0. The number of halogens is 1. The molecule has 4 aromatic heterocycles. The summed E-state index contributed by atoms with van der Waals surface area (Å²) >= 11 is 0. The molecule has 41 heavy (non-hydrogen) atoms. The molecular formula is C29H32FN9O2. The minimum Gasteiger partial charge on any atom is -0.349 e. The molecule has 1 amide bonds. The number of fused-ring (bicyclic) bond motifs is 6. The quantitative estimate of drug-likeness (QED) is 0.353. The first kappa shape index (κ1) is 26.7. The Bertz CT molecular complexity index is 1740. The molecule has 0 N–H and O–H groups in total. The van der Waals surface area contributed by atoms with E-state index in [1.165, 1.54) is 16.7 Å². The zero-order valence-corrected chi connectivity index (χ0v) is 23.6. The number of rotatable bonds is 3. The van der Waals surface area contributed by atoms with Gasteiger partial charge in [0.1, 0.15) is 17.2 Å². The van der Waals surface area contributed by atoms with Gasteiger partial charge >= 0.3 is 5.69 Å². The molecule has 1 fully saturated rings. The maximum absolute atomic E-state index is 15.8. The van der Waals surface area contributed by atoms with E-state index in [1.807, 2.05) is 38.7 Å². The van der Waals surface area contributed by atoms with Gasteiger partial charge in [-0.05, 0) is 56.4 Å². The van der Waals surface area contributed by atoms with Crippen molar-refractivity contribution < 1.29 is 9.18 Å². The number of hydrogen-bond donors (Lipinski definition) is 0. The summed E-state index contributed by atoms with van der Waals surface area (Å²) in [6.45, 7) is 12.9.